The Morgan fingerprint density at radius 3 is 2.46 bits per heavy atom. The third-order valence-corrected chi connectivity index (χ3v) is 4.38. The van der Waals surface area contributed by atoms with Crippen LogP contribution in [0.2, 0.25) is 0 Å². The summed E-state index contributed by atoms with van der Waals surface area (Å²) >= 11 is 0. The highest BCUT2D eigenvalue weighted by atomic mass is 16.5. The Labute approximate surface area is 155 Å². The molecule has 26 heavy (non-hydrogen) atoms. The zero-order chi connectivity index (χ0) is 18.9. The van der Waals surface area contributed by atoms with E-state index in [1.165, 1.54) is 0 Å². The molecule has 2 rings (SSSR count). The number of carbonyl (C=O) groups excluding carboxylic acids is 1. The molecule has 0 bridgehead atoms. The van der Waals surface area contributed by atoms with Gasteiger partial charge < -0.3 is 19.5 Å². The van der Waals surface area contributed by atoms with Gasteiger partial charge in [-0.1, -0.05) is 44.2 Å². The number of hydrogen-bond donors (Lipinski definition) is 1. The van der Waals surface area contributed by atoms with E-state index in [0.717, 1.165) is 23.3 Å². The van der Waals surface area contributed by atoms with E-state index in [-0.39, 0.29) is 12.5 Å². The Balaban J connectivity index is 1.95. The number of rotatable bonds is 9. The summed E-state index contributed by atoms with van der Waals surface area (Å²) in [6.45, 7) is 4.60. The average Bonchev–Trinajstić information content (AvgIpc) is 2.69. The normalized spacial score (nSPS) is 11.5. The largest absolute Gasteiger partial charge is 0.493 e. The lowest BCUT2D eigenvalue weighted by atomic mass is 9.98. The molecule has 0 saturated heterocycles. The van der Waals surface area contributed by atoms with Gasteiger partial charge in [-0.3, -0.25) is 4.79 Å². The van der Waals surface area contributed by atoms with Crippen LogP contribution in [-0.4, -0.2) is 26.7 Å². The van der Waals surface area contributed by atoms with Gasteiger partial charge in [0.25, 0.3) is 5.91 Å². The van der Waals surface area contributed by atoms with Crippen molar-refractivity contribution in [1.82, 2.24) is 5.32 Å². The van der Waals surface area contributed by atoms with E-state index in [1.54, 1.807) is 14.2 Å². The van der Waals surface area contributed by atoms with Gasteiger partial charge in [-0.05, 0) is 30.0 Å². The third-order valence-electron chi connectivity index (χ3n) is 4.38. The number of nitrogens with one attached hydrogen (secondary N) is 1. The van der Waals surface area contributed by atoms with Gasteiger partial charge in [0.2, 0.25) is 0 Å². The molecule has 0 aliphatic rings. The van der Waals surface area contributed by atoms with Crippen molar-refractivity contribution in [3.8, 4) is 17.2 Å². The quantitative estimate of drug-likeness (QED) is 0.739. The number of hydrogen-bond acceptors (Lipinski definition) is 4. The molecule has 1 amide bonds. The molecule has 0 aliphatic heterocycles. The topological polar surface area (TPSA) is 56.8 Å². The summed E-state index contributed by atoms with van der Waals surface area (Å²) in [6, 6.07) is 13.4. The number of methoxy groups -OCH3 is 2. The van der Waals surface area contributed by atoms with Crippen LogP contribution in [0.4, 0.5) is 0 Å². The fraction of sp³-hybridized carbons (Fsp3) is 0.381. The lowest BCUT2D eigenvalue weighted by Gasteiger charge is -2.16. The Morgan fingerprint density at radius 2 is 1.77 bits per heavy atom. The zero-order valence-electron chi connectivity index (χ0n) is 15.9. The molecule has 2 aromatic rings. The summed E-state index contributed by atoms with van der Waals surface area (Å²) in [5, 5.41) is 2.86. The molecule has 0 aromatic heterocycles. The second-order valence-corrected chi connectivity index (χ2v) is 6.07. The maximum atomic E-state index is 12.2. The molecule has 1 atom stereocenters. The SMILES string of the molecule is CCC(C)c1ccccc1OCC(=O)NCc1cccc(OC)c1OC. The minimum atomic E-state index is -0.186. The summed E-state index contributed by atoms with van der Waals surface area (Å²) in [4.78, 5) is 12.2. The van der Waals surface area contributed by atoms with Crippen LogP contribution in [0.3, 0.4) is 0 Å². The zero-order valence-corrected chi connectivity index (χ0v) is 15.9. The molecule has 0 spiro atoms. The first-order chi connectivity index (χ1) is 12.6. The fourth-order valence-electron chi connectivity index (χ4n) is 2.72. The minimum absolute atomic E-state index is 0.0280. The molecule has 0 aliphatic carbocycles. The molecule has 5 nitrogen and oxygen atoms in total. The monoisotopic (exact) mass is 357 g/mol. The smallest absolute Gasteiger partial charge is 0.258 e. The second-order valence-electron chi connectivity index (χ2n) is 6.07. The van der Waals surface area contributed by atoms with Gasteiger partial charge in [0.05, 0.1) is 14.2 Å². The van der Waals surface area contributed by atoms with Gasteiger partial charge in [0.1, 0.15) is 5.75 Å². The standard InChI is InChI=1S/C21H27NO4/c1-5-15(2)17-10-6-7-11-18(17)26-14-20(23)22-13-16-9-8-12-19(24-3)21(16)25-4/h6-12,15H,5,13-14H2,1-4H3,(H,22,23). The van der Waals surface area contributed by atoms with Crippen LogP contribution in [0.15, 0.2) is 42.5 Å². The van der Waals surface area contributed by atoms with Crippen LogP contribution in [0.5, 0.6) is 17.2 Å². The van der Waals surface area contributed by atoms with Crippen LogP contribution < -0.4 is 19.5 Å². The highest BCUT2D eigenvalue weighted by molar-refractivity contribution is 5.77. The van der Waals surface area contributed by atoms with E-state index < -0.39 is 0 Å². The van der Waals surface area contributed by atoms with Crippen LogP contribution in [0.1, 0.15) is 37.3 Å². The predicted octanol–water partition coefficient (Wildman–Crippen LogP) is 3.91. The van der Waals surface area contributed by atoms with Gasteiger partial charge in [-0.15, -0.1) is 0 Å². The summed E-state index contributed by atoms with van der Waals surface area (Å²) in [7, 11) is 3.17. The summed E-state index contributed by atoms with van der Waals surface area (Å²) in [5.74, 6) is 2.22. The van der Waals surface area contributed by atoms with Crippen LogP contribution in [0, 0.1) is 0 Å². The molecule has 5 heteroatoms. The number of amides is 1. The van der Waals surface area contributed by atoms with Crippen molar-refractivity contribution >= 4 is 5.91 Å². The Bertz CT molecular complexity index is 730. The van der Waals surface area contributed by atoms with Crippen LogP contribution in [-0.2, 0) is 11.3 Å². The van der Waals surface area contributed by atoms with Gasteiger partial charge >= 0.3 is 0 Å². The molecule has 140 valence electrons. The highest BCUT2D eigenvalue weighted by Crippen LogP contribution is 2.30. The Kier molecular flexibility index (Phi) is 7.33. The first-order valence-electron chi connectivity index (χ1n) is 8.79. The van der Waals surface area contributed by atoms with E-state index >= 15 is 0 Å². The lowest BCUT2D eigenvalue weighted by Crippen LogP contribution is -2.28. The maximum absolute atomic E-state index is 12.2. The predicted molar refractivity (Wildman–Crippen MR) is 102 cm³/mol. The molecule has 2 aromatic carbocycles. The lowest BCUT2D eigenvalue weighted by molar-refractivity contribution is -0.123. The van der Waals surface area contributed by atoms with Crippen molar-refractivity contribution in [3.63, 3.8) is 0 Å². The van der Waals surface area contributed by atoms with E-state index in [1.807, 2.05) is 42.5 Å². The van der Waals surface area contributed by atoms with Crippen molar-refractivity contribution in [2.24, 2.45) is 0 Å². The van der Waals surface area contributed by atoms with E-state index in [9.17, 15) is 4.79 Å². The molecule has 0 radical (unpaired) electrons. The Morgan fingerprint density at radius 1 is 1.04 bits per heavy atom. The number of benzene rings is 2. The summed E-state index contributed by atoms with van der Waals surface area (Å²) in [5.41, 5.74) is 1.97. The number of ether oxygens (including phenoxy) is 3. The van der Waals surface area contributed by atoms with E-state index in [4.69, 9.17) is 14.2 Å². The summed E-state index contributed by atoms with van der Waals surface area (Å²) in [6.07, 6.45) is 1.02. The fourth-order valence-corrected chi connectivity index (χ4v) is 2.72. The van der Waals surface area contributed by atoms with Crippen molar-refractivity contribution in [1.29, 1.82) is 0 Å². The van der Waals surface area contributed by atoms with Gasteiger partial charge in [0.15, 0.2) is 18.1 Å². The minimum Gasteiger partial charge on any atom is -0.493 e. The second kappa shape index (κ2) is 9.70. The van der Waals surface area contributed by atoms with Gasteiger partial charge in [-0.25, -0.2) is 0 Å². The molecular formula is C21H27NO4. The molecule has 0 fully saturated rings. The van der Waals surface area contributed by atoms with E-state index in [0.29, 0.717) is 24.0 Å². The first-order valence-corrected chi connectivity index (χ1v) is 8.79. The van der Waals surface area contributed by atoms with Crippen molar-refractivity contribution in [3.05, 3.63) is 53.6 Å². The highest BCUT2D eigenvalue weighted by Gasteiger charge is 2.13. The number of carbonyl (C=O) groups is 1. The van der Waals surface area contributed by atoms with E-state index in [2.05, 4.69) is 19.2 Å². The van der Waals surface area contributed by atoms with Crippen molar-refractivity contribution < 1.29 is 19.0 Å². The average molecular weight is 357 g/mol. The molecule has 0 heterocycles. The third kappa shape index (κ3) is 4.91. The summed E-state index contributed by atoms with van der Waals surface area (Å²) < 4.78 is 16.4. The molecule has 1 unspecified atom stereocenters. The van der Waals surface area contributed by atoms with Crippen LogP contribution >= 0.6 is 0 Å². The molecular weight excluding hydrogens is 330 g/mol. The van der Waals surface area contributed by atoms with Gasteiger partial charge in [-0.2, -0.15) is 0 Å². The van der Waals surface area contributed by atoms with Crippen molar-refractivity contribution in [2.75, 3.05) is 20.8 Å². The van der Waals surface area contributed by atoms with Gasteiger partial charge in [0, 0.05) is 12.1 Å². The Hall–Kier alpha value is -2.69. The maximum Gasteiger partial charge on any atom is 0.258 e. The first kappa shape index (κ1) is 19.6. The van der Waals surface area contributed by atoms with Crippen molar-refractivity contribution in [2.45, 2.75) is 32.7 Å². The van der Waals surface area contributed by atoms with Crippen LogP contribution in [0.25, 0.3) is 0 Å². The number of para-hydroxylation sites is 2. The molecule has 0 saturated carbocycles. The molecule has 1 N–H and O–H groups in total.